The number of benzene rings is 1. The Hall–Kier alpha value is -1.50. The molecule has 106 valence electrons. The topological polar surface area (TPSA) is 35.5 Å². The average Bonchev–Trinajstić information content (AvgIpc) is 2.37. The van der Waals surface area contributed by atoms with E-state index in [-0.39, 0.29) is 11.5 Å². The molecular formula is C11H9ClF4O3. The minimum atomic E-state index is -4.82. The highest BCUT2D eigenvalue weighted by Crippen LogP contribution is 2.37. The number of hydrogen-bond donors (Lipinski definition) is 0. The van der Waals surface area contributed by atoms with Crippen LogP contribution in [0.5, 0.6) is 11.5 Å². The van der Waals surface area contributed by atoms with Gasteiger partial charge in [0.1, 0.15) is 0 Å². The number of ether oxygens (including phenoxy) is 2. The minimum absolute atomic E-state index is 0.0692. The number of hydrogen-bond acceptors (Lipinski definition) is 3. The summed E-state index contributed by atoms with van der Waals surface area (Å²) in [5.41, 5.74) is -0.760. The summed E-state index contributed by atoms with van der Waals surface area (Å²) in [5.74, 6) is -6.87. The Morgan fingerprint density at radius 1 is 1.21 bits per heavy atom. The normalized spacial score (nSPS) is 11.6. The van der Waals surface area contributed by atoms with E-state index >= 15 is 0 Å². The van der Waals surface area contributed by atoms with Gasteiger partial charge in [-0.25, -0.2) is 8.78 Å². The quantitative estimate of drug-likeness (QED) is 0.617. The molecule has 0 N–H and O–H groups in total. The zero-order valence-electron chi connectivity index (χ0n) is 9.85. The van der Waals surface area contributed by atoms with Gasteiger partial charge in [0.2, 0.25) is 5.78 Å². The van der Waals surface area contributed by atoms with Crippen molar-refractivity contribution in [3.8, 4) is 11.5 Å². The van der Waals surface area contributed by atoms with Gasteiger partial charge in [-0.1, -0.05) is 11.6 Å². The first-order chi connectivity index (χ1) is 8.75. The molecule has 1 aromatic carbocycles. The van der Waals surface area contributed by atoms with Crippen LogP contribution in [0.15, 0.2) is 12.1 Å². The van der Waals surface area contributed by atoms with Crippen molar-refractivity contribution in [3.63, 3.8) is 0 Å². The average molecular weight is 301 g/mol. The number of rotatable bonds is 5. The smallest absolute Gasteiger partial charge is 0.368 e. The van der Waals surface area contributed by atoms with E-state index in [0.29, 0.717) is 0 Å². The first-order valence-electron chi connectivity index (χ1n) is 4.88. The molecule has 0 aliphatic heterocycles. The maximum atomic E-state index is 13.0. The van der Waals surface area contributed by atoms with Crippen LogP contribution >= 0.6 is 11.6 Å². The van der Waals surface area contributed by atoms with Crippen LogP contribution in [0.4, 0.5) is 17.6 Å². The summed E-state index contributed by atoms with van der Waals surface area (Å²) in [5, 5.41) is -0.428. The molecular weight excluding hydrogens is 292 g/mol. The standard InChI is InChI=1S/C11H9ClF4O3/c1-18-7-3-5(6(12)4-8(7)19-2)9(17)11(15,16)10(13)14/h3-4,10H,1-2H3. The fraction of sp³-hybridized carbons (Fsp3) is 0.364. The van der Waals surface area contributed by atoms with Gasteiger partial charge in [-0.2, -0.15) is 8.78 Å². The third-order valence-corrected chi connectivity index (χ3v) is 2.61. The highest BCUT2D eigenvalue weighted by Gasteiger charge is 2.49. The van der Waals surface area contributed by atoms with E-state index in [9.17, 15) is 22.4 Å². The first-order valence-corrected chi connectivity index (χ1v) is 5.25. The Bertz CT molecular complexity index is 491. The lowest BCUT2D eigenvalue weighted by molar-refractivity contribution is -0.0958. The van der Waals surface area contributed by atoms with Crippen LogP contribution in [0.2, 0.25) is 5.02 Å². The number of carbonyl (C=O) groups excluding carboxylic acids is 1. The van der Waals surface area contributed by atoms with Crippen molar-refractivity contribution in [1.29, 1.82) is 0 Å². The monoisotopic (exact) mass is 300 g/mol. The third kappa shape index (κ3) is 2.91. The molecule has 0 unspecified atom stereocenters. The summed E-state index contributed by atoms with van der Waals surface area (Å²) in [6.45, 7) is 0. The van der Waals surface area contributed by atoms with Gasteiger partial charge < -0.3 is 9.47 Å². The van der Waals surface area contributed by atoms with E-state index in [1.54, 1.807) is 0 Å². The summed E-state index contributed by atoms with van der Waals surface area (Å²) in [4.78, 5) is 11.4. The molecule has 8 heteroatoms. The second-order valence-corrected chi connectivity index (χ2v) is 3.85. The summed E-state index contributed by atoms with van der Waals surface area (Å²) in [7, 11) is 2.47. The van der Waals surface area contributed by atoms with Crippen molar-refractivity contribution >= 4 is 17.4 Å². The number of ketones is 1. The van der Waals surface area contributed by atoms with E-state index in [1.165, 1.54) is 14.2 Å². The number of methoxy groups -OCH3 is 2. The molecule has 0 fully saturated rings. The van der Waals surface area contributed by atoms with Crippen molar-refractivity contribution < 1.29 is 31.8 Å². The zero-order chi connectivity index (χ0) is 14.8. The largest absolute Gasteiger partial charge is 0.493 e. The lowest BCUT2D eigenvalue weighted by Gasteiger charge is -2.16. The van der Waals surface area contributed by atoms with Gasteiger partial charge in [-0.05, 0) is 6.07 Å². The summed E-state index contributed by atoms with van der Waals surface area (Å²) in [6.07, 6.45) is -4.12. The van der Waals surface area contributed by atoms with Gasteiger partial charge in [0.25, 0.3) is 0 Å². The van der Waals surface area contributed by atoms with Crippen LogP contribution in [-0.2, 0) is 0 Å². The molecule has 3 nitrogen and oxygen atoms in total. The molecule has 0 amide bonds. The molecule has 0 aliphatic rings. The predicted molar refractivity (Wildman–Crippen MR) is 59.8 cm³/mol. The van der Waals surface area contributed by atoms with E-state index in [0.717, 1.165) is 12.1 Å². The summed E-state index contributed by atoms with van der Waals surface area (Å²) in [6, 6.07) is 1.87. The highest BCUT2D eigenvalue weighted by atomic mass is 35.5. The molecule has 0 aliphatic carbocycles. The molecule has 0 aromatic heterocycles. The number of Topliss-reactive ketones (excluding diaryl/α,β-unsaturated/α-hetero) is 1. The van der Waals surface area contributed by atoms with Gasteiger partial charge in [0, 0.05) is 11.6 Å². The van der Waals surface area contributed by atoms with Crippen LogP contribution in [-0.4, -0.2) is 32.4 Å². The van der Waals surface area contributed by atoms with Crippen molar-refractivity contribution in [1.82, 2.24) is 0 Å². The summed E-state index contributed by atoms with van der Waals surface area (Å²) >= 11 is 5.61. The molecule has 19 heavy (non-hydrogen) atoms. The lowest BCUT2D eigenvalue weighted by Crippen LogP contribution is -2.36. The van der Waals surface area contributed by atoms with Gasteiger partial charge in [0.15, 0.2) is 11.5 Å². The van der Waals surface area contributed by atoms with Crippen LogP contribution in [0.1, 0.15) is 10.4 Å². The van der Waals surface area contributed by atoms with E-state index in [1.807, 2.05) is 0 Å². The van der Waals surface area contributed by atoms with Gasteiger partial charge >= 0.3 is 12.3 Å². The Morgan fingerprint density at radius 2 is 1.68 bits per heavy atom. The Balaban J connectivity index is 3.32. The van der Waals surface area contributed by atoms with Crippen LogP contribution in [0.25, 0.3) is 0 Å². The van der Waals surface area contributed by atoms with Crippen molar-refractivity contribution in [2.24, 2.45) is 0 Å². The third-order valence-electron chi connectivity index (χ3n) is 2.29. The molecule has 0 bridgehead atoms. The number of halogens is 5. The predicted octanol–water partition coefficient (Wildman–Crippen LogP) is 3.44. The number of carbonyl (C=O) groups is 1. The second-order valence-electron chi connectivity index (χ2n) is 3.44. The van der Waals surface area contributed by atoms with Gasteiger partial charge in [-0.3, -0.25) is 4.79 Å². The molecule has 0 saturated heterocycles. The molecule has 1 rings (SSSR count). The molecule has 0 heterocycles. The van der Waals surface area contributed by atoms with Crippen LogP contribution in [0, 0.1) is 0 Å². The highest BCUT2D eigenvalue weighted by molar-refractivity contribution is 6.34. The Labute approximate surface area is 111 Å². The second kappa shape index (κ2) is 5.64. The van der Waals surface area contributed by atoms with Crippen molar-refractivity contribution in [3.05, 3.63) is 22.7 Å². The maximum absolute atomic E-state index is 13.0. The van der Waals surface area contributed by atoms with E-state index in [4.69, 9.17) is 21.1 Å². The maximum Gasteiger partial charge on any atom is 0.368 e. The SMILES string of the molecule is COc1cc(Cl)c(C(=O)C(F)(F)C(F)F)cc1OC. The van der Waals surface area contributed by atoms with Crippen LogP contribution < -0.4 is 9.47 Å². The lowest BCUT2D eigenvalue weighted by atomic mass is 10.0. The fourth-order valence-corrected chi connectivity index (χ4v) is 1.55. The zero-order valence-corrected chi connectivity index (χ0v) is 10.6. The van der Waals surface area contributed by atoms with Crippen molar-refractivity contribution in [2.75, 3.05) is 14.2 Å². The molecule has 0 spiro atoms. The minimum Gasteiger partial charge on any atom is -0.493 e. The van der Waals surface area contributed by atoms with E-state index < -0.39 is 28.7 Å². The molecule has 0 radical (unpaired) electrons. The first kappa shape index (κ1) is 15.6. The fourth-order valence-electron chi connectivity index (χ4n) is 1.31. The molecule has 0 atom stereocenters. The Morgan fingerprint density at radius 3 is 2.11 bits per heavy atom. The molecule has 1 aromatic rings. The Kier molecular flexibility index (Phi) is 4.62. The van der Waals surface area contributed by atoms with Gasteiger partial charge in [-0.15, -0.1) is 0 Å². The van der Waals surface area contributed by atoms with Crippen LogP contribution in [0.3, 0.4) is 0 Å². The van der Waals surface area contributed by atoms with Crippen molar-refractivity contribution in [2.45, 2.75) is 12.3 Å². The van der Waals surface area contributed by atoms with E-state index in [2.05, 4.69) is 0 Å². The summed E-state index contributed by atoms with van der Waals surface area (Å²) < 4.78 is 59.9. The number of alkyl halides is 4. The molecule has 0 saturated carbocycles. The van der Waals surface area contributed by atoms with Gasteiger partial charge in [0.05, 0.1) is 19.2 Å².